The van der Waals surface area contributed by atoms with E-state index in [1.807, 2.05) is 48.5 Å². The minimum absolute atomic E-state index is 0.185. The summed E-state index contributed by atoms with van der Waals surface area (Å²) in [5, 5.41) is 0. The van der Waals surface area contributed by atoms with Crippen molar-refractivity contribution in [2.45, 2.75) is 6.92 Å². The van der Waals surface area contributed by atoms with Crippen LogP contribution in [0, 0.1) is 0 Å². The van der Waals surface area contributed by atoms with Crippen LogP contribution in [-0.4, -0.2) is 38.1 Å². The van der Waals surface area contributed by atoms with Gasteiger partial charge in [0.05, 0.1) is 0 Å². The first-order valence-electron chi connectivity index (χ1n) is 7.90. The second-order valence-electron chi connectivity index (χ2n) is 5.39. The van der Waals surface area contributed by atoms with E-state index in [4.69, 9.17) is 14.2 Å². The molecule has 126 valence electrons. The van der Waals surface area contributed by atoms with E-state index < -0.39 is 0 Å². The Hall–Kier alpha value is -2.56. The molecule has 2 aromatic carbocycles. The third-order valence-corrected chi connectivity index (χ3v) is 5.74. The van der Waals surface area contributed by atoms with E-state index in [9.17, 15) is 4.79 Å². The van der Waals surface area contributed by atoms with E-state index in [1.165, 1.54) is 0 Å². The molecule has 0 saturated carbocycles. The zero-order chi connectivity index (χ0) is 17.2. The molecule has 0 atom stereocenters. The molecule has 6 heteroatoms. The first-order chi connectivity index (χ1) is 12.3. The van der Waals surface area contributed by atoms with Gasteiger partial charge in [0.15, 0.2) is 0 Å². The van der Waals surface area contributed by atoms with Gasteiger partial charge in [-0.25, -0.2) is 0 Å². The van der Waals surface area contributed by atoms with E-state index in [0.717, 1.165) is 21.1 Å². The van der Waals surface area contributed by atoms with Crippen LogP contribution in [0.4, 0.5) is 0 Å². The van der Waals surface area contributed by atoms with Gasteiger partial charge in [0.1, 0.15) is 0 Å². The molecule has 0 amide bonds. The van der Waals surface area contributed by atoms with Crippen LogP contribution in [0.25, 0.3) is 21.1 Å². The van der Waals surface area contributed by atoms with Crippen LogP contribution in [0.3, 0.4) is 0 Å². The number of ether oxygens (including phenoxy) is 3. The SMILES string of the molecule is CCOC(=O)c1n[se]c(-c2ccccc2)c1-c1ccc2c(c1)OCO2. The van der Waals surface area contributed by atoms with Crippen molar-refractivity contribution in [3.8, 4) is 32.6 Å². The van der Waals surface area contributed by atoms with E-state index >= 15 is 0 Å². The maximum absolute atomic E-state index is 12.4. The number of fused-ring (bicyclic) bond motifs is 1. The monoisotopic (exact) mass is 401 g/mol. The first kappa shape index (κ1) is 15.9. The molecule has 2 heterocycles. The Morgan fingerprint density at radius 1 is 1.12 bits per heavy atom. The summed E-state index contributed by atoms with van der Waals surface area (Å²) in [6.45, 7) is 2.33. The summed E-state index contributed by atoms with van der Waals surface area (Å²) in [6, 6.07) is 15.7. The standard InChI is InChI=1S/C19H15NO4Se/c1-2-22-19(21)17-16(13-8-9-14-15(10-13)24-11-23-14)18(25-20-17)12-6-4-3-5-7-12/h3-10H,2,11H2,1H3. The van der Waals surface area contributed by atoms with E-state index in [1.54, 1.807) is 6.92 Å². The Balaban J connectivity index is 1.88. The Labute approximate surface area is 151 Å². The fraction of sp³-hybridized carbons (Fsp3) is 0.158. The summed E-state index contributed by atoms with van der Waals surface area (Å²) in [4.78, 5) is 12.4. The van der Waals surface area contributed by atoms with Gasteiger partial charge in [0.25, 0.3) is 0 Å². The molecule has 3 aromatic rings. The van der Waals surface area contributed by atoms with Gasteiger partial charge in [-0.15, -0.1) is 0 Å². The molecule has 0 saturated heterocycles. The second kappa shape index (κ2) is 6.75. The Morgan fingerprint density at radius 3 is 2.72 bits per heavy atom. The number of nitrogens with zero attached hydrogens (tertiary/aromatic N) is 1. The van der Waals surface area contributed by atoms with Gasteiger partial charge in [-0.1, -0.05) is 0 Å². The van der Waals surface area contributed by atoms with Crippen LogP contribution in [0.5, 0.6) is 11.5 Å². The topological polar surface area (TPSA) is 57.7 Å². The second-order valence-corrected chi connectivity index (χ2v) is 7.01. The van der Waals surface area contributed by atoms with Gasteiger partial charge >= 0.3 is 151 Å². The molecule has 0 spiro atoms. The van der Waals surface area contributed by atoms with E-state index in [2.05, 4.69) is 3.98 Å². The van der Waals surface area contributed by atoms with Crippen molar-refractivity contribution in [3.63, 3.8) is 0 Å². The molecule has 0 N–H and O–H groups in total. The molecule has 0 unspecified atom stereocenters. The van der Waals surface area contributed by atoms with Crippen molar-refractivity contribution in [2.24, 2.45) is 0 Å². The molecule has 0 radical (unpaired) electrons. The summed E-state index contributed by atoms with van der Waals surface area (Å²) in [5.74, 6) is 1.01. The summed E-state index contributed by atoms with van der Waals surface area (Å²) < 4.78 is 21.7. The average Bonchev–Trinajstić information content (AvgIpc) is 3.28. The van der Waals surface area contributed by atoms with Crippen molar-refractivity contribution in [1.29, 1.82) is 0 Å². The van der Waals surface area contributed by atoms with Crippen LogP contribution in [-0.2, 0) is 4.74 Å². The molecule has 0 bridgehead atoms. The van der Waals surface area contributed by atoms with Crippen molar-refractivity contribution in [1.82, 2.24) is 3.98 Å². The van der Waals surface area contributed by atoms with Crippen molar-refractivity contribution in [3.05, 3.63) is 54.2 Å². The quantitative estimate of drug-likeness (QED) is 0.497. The van der Waals surface area contributed by atoms with Crippen molar-refractivity contribution >= 4 is 20.7 Å². The van der Waals surface area contributed by atoms with Gasteiger partial charge in [0, 0.05) is 0 Å². The summed E-state index contributed by atoms with van der Waals surface area (Å²) in [5.41, 5.74) is 3.16. The third-order valence-electron chi connectivity index (χ3n) is 3.86. The van der Waals surface area contributed by atoms with Gasteiger partial charge in [-0.05, 0) is 0 Å². The average molecular weight is 400 g/mol. The van der Waals surface area contributed by atoms with E-state index in [0.29, 0.717) is 23.8 Å². The van der Waals surface area contributed by atoms with Gasteiger partial charge < -0.3 is 0 Å². The molecule has 1 aliphatic rings. The van der Waals surface area contributed by atoms with Gasteiger partial charge in [0.2, 0.25) is 0 Å². The molecule has 1 aliphatic heterocycles. The fourth-order valence-corrected chi connectivity index (χ4v) is 4.61. The van der Waals surface area contributed by atoms with Crippen molar-refractivity contribution < 1.29 is 19.0 Å². The fourth-order valence-electron chi connectivity index (χ4n) is 2.74. The number of rotatable bonds is 4. The van der Waals surface area contributed by atoms with Crippen molar-refractivity contribution in [2.75, 3.05) is 13.4 Å². The predicted octanol–water partition coefficient (Wildman–Crippen LogP) is 3.38. The first-order valence-corrected chi connectivity index (χ1v) is 9.52. The van der Waals surface area contributed by atoms with E-state index in [-0.39, 0.29) is 27.5 Å². The Morgan fingerprint density at radius 2 is 1.92 bits per heavy atom. The predicted molar refractivity (Wildman–Crippen MR) is 94.1 cm³/mol. The summed E-state index contributed by atoms with van der Waals surface area (Å²) in [6.07, 6.45) is 0. The van der Waals surface area contributed by atoms with Crippen LogP contribution < -0.4 is 9.47 Å². The third kappa shape index (κ3) is 2.95. The number of benzene rings is 2. The molecule has 5 nitrogen and oxygen atoms in total. The molecule has 0 fully saturated rings. The molecular formula is C19H15NO4Se. The molecule has 0 aliphatic carbocycles. The summed E-state index contributed by atoms with van der Waals surface area (Å²) in [7, 11) is 0. The number of esters is 1. The van der Waals surface area contributed by atoms with Crippen LogP contribution in [0.2, 0.25) is 0 Å². The normalized spacial score (nSPS) is 12.2. The number of carbonyl (C=O) groups is 1. The number of hydrogen-bond acceptors (Lipinski definition) is 5. The van der Waals surface area contributed by atoms with Crippen LogP contribution in [0.1, 0.15) is 17.4 Å². The molecule has 4 rings (SSSR count). The van der Waals surface area contributed by atoms with Gasteiger partial charge in [-0.2, -0.15) is 0 Å². The zero-order valence-corrected chi connectivity index (χ0v) is 15.2. The minimum atomic E-state index is -0.386. The number of aromatic nitrogens is 1. The van der Waals surface area contributed by atoms with Crippen LogP contribution >= 0.6 is 0 Å². The maximum atomic E-state index is 12.4. The summed E-state index contributed by atoms with van der Waals surface area (Å²) >= 11 is -0.185. The number of hydrogen-bond donors (Lipinski definition) is 0. The Kier molecular flexibility index (Phi) is 4.30. The molecule has 1 aromatic heterocycles. The van der Waals surface area contributed by atoms with Crippen LogP contribution in [0.15, 0.2) is 48.5 Å². The molecule has 25 heavy (non-hydrogen) atoms. The van der Waals surface area contributed by atoms with Gasteiger partial charge in [-0.3, -0.25) is 0 Å². The number of carbonyl (C=O) groups excluding carboxylic acids is 1. The zero-order valence-electron chi connectivity index (χ0n) is 13.5. The Bertz CT molecular complexity index is 920. The molecular weight excluding hydrogens is 385 g/mol.